The number of rotatable bonds is 10. The van der Waals surface area contributed by atoms with E-state index in [0.717, 1.165) is 42.1 Å². The van der Waals surface area contributed by atoms with Crippen LogP contribution >= 0.6 is 34.4 Å². The summed E-state index contributed by atoms with van der Waals surface area (Å²) in [5.74, 6) is 0.896. The minimum atomic E-state index is -0.387. The highest BCUT2D eigenvalue weighted by atomic mass is 127. The Morgan fingerprint density at radius 2 is 1.73 bits per heavy atom. The Balaban J connectivity index is 1.30. The molecule has 9 heteroatoms. The first-order chi connectivity index (χ1) is 19.4. The van der Waals surface area contributed by atoms with Crippen molar-refractivity contribution >= 4 is 62.3 Å². The van der Waals surface area contributed by atoms with Crippen molar-refractivity contribution < 1.29 is 28.2 Å². The molecule has 1 heterocycles. The molecule has 1 fully saturated rings. The summed E-state index contributed by atoms with van der Waals surface area (Å²) < 4.78 is 31.6. The van der Waals surface area contributed by atoms with Crippen LogP contribution in [0.3, 0.4) is 0 Å². The highest BCUT2D eigenvalue weighted by molar-refractivity contribution is 14.1. The number of hydrogen-bond acceptors (Lipinski definition) is 6. The lowest BCUT2D eigenvalue weighted by molar-refractivity contribution is -0.123. The average molecular weight is 670 g/mol. The number of nitrogens with zero attached hydrogens (tertiary/aromatic N) is 1. The molecule has 4 aromatic carbocycles. The van der Waals surface area contributed by atoms with Gasteiger partial charge < -0.3 is 14.2 Å². The summed E-state index contributed by atoms with van der Waals surface area (Å²) in [5, 5.41) is 1.91. The highest BCUT2D eigenvalue weighted by Crippen LogP contribution is 2.38. The van der Waals surface area contributed by atoms with Crippen LogP contribution in [0, 0.1) is 9.39 Å². The molecule has 1 aliphatic heterocycles. The molecule has 1 saturated heterocycles. The number of halogens is 2. The van der Waals surface area contributed by atoms with Crippen molar-refractivity contribution in [1.29, 1.82) is 0 Å². The fourth-order valence-electron chi connectivity index (χ4n) is 4.27. The summed E-state index contributed by atoms with van der Waals surface area (Å²) in [6.45, 7) is 2.89. The van der Waals surface area contributed by atoms with Gasteiger partial charge in [0.25, 0.3) is 11.1 Å². The van der Waals surface area contributed by atoms with Crippen LogP contribution in [0.4, 0.5) is 9.18 Å². The fourth-order valence-corrected chi connectivity index (χ4v) is 5.92. The van der Waals surface area contributed by atoms with Crippen LogP contribution in [0.2, 0.25) is 0 Å². The van der Waals surface area contributed by atoms with Crippen molar-refractivity contribution in [3.05, 3.63) is 104 Å². The van der Waals surface area contributed by atoms with Crippen molar-refractivity contribution in [3.63, 3.8) is 0 Å². The van der Waals surface area contributed by atoms with Gasteiger partial charge in [-0.2, -0.15) is 0 Å². The van der Waals surface area contributed by atoms with E-state index in [1.165, 1.54) is 24.3 Å². The van der Waals surface area contributed by atoms with Crippen LogP contribution in [0.15, 0.2) is 83.8 Å². The number of carbonyl (C=O) groups excluding carboxylic acids is 2. The van der Waals surface area contributed by atoms with Gasteiger partial charge in [-0.3, -0.25) is 14.5 Å². The van der Waals surface area contributed by atoms with Gasteiger partial charge in [0.15, 0.2) is 11.5 Å². The third-order valence-electron chi connectivity index (χ3n) is 6.15. The maximum Gasteiger partial charge on any atom is 0.293 e. The molecule has 0 bridgehead atoms. The summed E-state index contributed by atoms with van der Waals surface area (Å²) in [6.07, 6.45) is 1.69. The largest absolute Gasteiger partial charge is 0.492 e. The van der Waals surface area contributed by atoms with Gasteiger partial charge in [-0.25, -0.2) is 4.39 Å². The van der Waals surface area contributed by atoms with Crippen molar-refractivity contribution in [2.24, 2.45) is 0 Å². The van der Waals surface area contributed by atoms with Gasteiger partial charge in [0, 0.05) is 0 Å². The molecule has 0 unspecified atom stereocenters. The minimum absolute atomic E-state index is 0.0854. The Morgan fingerprint density at radius 3 is 2.52 bits per heavy atom. The summed E-state index contributed by atoms with van der Waals surface area (Å²) in [6, 6.07) is 23.6. The van der Waals surface area contributed by atoms with Crippen molar-refractivity contribution in [1.82, 2.24) is 4.90 Å². The predicted octanol–water partition coefficient (Wildman–Crippen LogP) is 7.68. The first-order valence-corrected chi connectivity index (χ1v) is 14.5. The maximum absolute atomic E-state index is 13.1. The number of fused-ring (bicyclic) bond motifs is 1. The van der Waals surface area contributed by atoms with E-state index in [-0.39, 0.29) is 30.1 Å². The smallest absolute Gasteiger partial charge is 0.293 e. The average Bonchev–Trinajstić information content (AvgIpc) is 3.21. The first kappa shape index (κ1) is 28.0. The molecule has 1 aliphatic rings. The van der Waals surface area contributed by atoms with Crippen LogP contribution in [0.1, 0.15) is 18.1 Å². The lowest BCUT2D eigenvalue weighted by atomic mass is 10.1. The molecular formula is C31H25FINO5S. The van der Waals surface area contributed by atoms with Crippen LogP contribution in [0.5, 0.6) is 17.2 Å². The monoisotopic (exact) mass is 669 g/mol. The number of carbonyl (C=O) groups is 2. The van der Waals surface area contributed by atoms with E-state index in [0.29, 0.717) is 35.4 Å². The topological polar surface area (TPSA) is 65.1 Å². The van der Waals surface area contributed by atoms with Gasteiger partial charge in [-0.1, -0.05) is 42.5 Å². The van der Waals surface area contributed by atoms with E-state index in [9.17, 15) is 14.0 Å². The van der Waals surface area contributed by atoms with Crippen LogP contribution < -0.4 is 14.2 Å². The summed E-state index contributed by atoms with van der Waals surface area (Å²) in [4.78, 5) is 27.0. The summed E-state index contributed by atoms with van der Waals surface area (Å²) in [7, 11) is 0. The van der Waals surface area contributed by atoms with Crippen LogP contribution in [-0.2, 0) is 11.4 Å². The van der Waals surface area contributed by atoms with Crippen molar-refractivity contribution in [2.75, 3.05) is 19.8 Å². The molecule has 5 rings (SSSR count). The number of hydrogen-bond donors (Lipinski definition) is 0. The summed E-state index contributed by atoms with van der Waals surface area (Å²) >= 11 is 3.08. The van der Waals surface area contributed by atoms with Crippen molar-refractivity contribution in [3.8, 4) is 17.2 Å². The molecule has 0 atom stereocenters. The molecule has 0 saturated carbocycles. The Kier molecular flexibility index (Phi) is 8.91. The molecule has 0 N–H and O–H groups in total. The zero-order valence-electron chi connectivity index (χ0n) is 21.6. The lowest BCUT2D eigenvalue weighted by Gasteiger charge is -2.16. The molecule has 0 radical (unpaired) electrons. The third kappa shape index (κ3) is 6.42. The summed E-state index contributed by atoms with van der Waals surface area (Å²) in [5.41, 5.74) is 1.79. The van der Waals surface area contributed by atoms with Gasteiger partial charge in [-0.05, 0) is 106 Å². The van der Waals surface area contributed by atoms with Gasteiger partial charge in [-0.15, -0.1) is 0 Å². The normalized spacial score (nSPS) is 14.3. The second kappa shape index (κ2) is 12.7. The Bertz CT molecular complexity index is 1590. The number of ether oxygens (including phenoxy) is 3. The van der Waals surface area contributed by atoms with Crippen LogP contribution in [-0.4, -0.2) is 35.8 Å². The van der Waals surface area contributed by atoms with Gasteiger partial charge in [0.1, 0.15) is 24.8 Å². The second-order valence-corrected chi connectivity index (χ2v) is 11.0. The molecule has 2 amide bonds. The maximum atomic E-state index is 13.1. The van der Waals surface area contributed by atoms with E-state index in [4.69, 9.17) is 14.2 Å². The van der Waals surface area contributed by atoms with E-state index in [1.807, 2.05) is 43.3 Å². The zero-order chi connectivity index (χ0) is 28.1. The Morgan fingerprint density at radius 1 is 0.950 bits per heavy atom. The van der Waals surface area contributed by atoms with Crippen LogP contribution in [0.25, 0.3) is 16.8 Å². The number of thioether (sulfide) groups is 1. The standard InChI is InChI=1S/C31H25FINO5S/c1-2-37-27-17-20(16-26(33)29(27)39-19-22-8-5-7-21-6-3-4-9-25(21)22)18-28-30(35)34(31(36)40-28)14-15-38-24-12-10-23(32)11-13-24/h3-13,16-18H,2,14-15,19H2,1H3/b28-18-. The molecule has 4 aromatic rings. The van der Waals surface area contributed by atoms with E-state index < -0.39 is 0 Å². The second-order valence-electron chi connectivity index (χ2n) is 8.83. The molecule has 6 nitrogen and oxygen atoms in total. The molecule has 0 aromatic heterocycles. The van der Waals surface area contributed by atoms with Gasteiger partial charge >= 0.3 is 0 Å². The van der Waals surface area contributed by atoms with E-state index >= 15 is 0 Å². The number of imide groups is 1. The zero-order valence-corrected chi connectivity index (χ0v) is 24.5. The van der Waals surface area contributed by atoms with E-state index in [1.54, 1.807) is 6.08 Å². The quantitative estimate of drug-likeness (QED) is 0.128. The predicted molar refractivity (Wildman–Crippen MR) is 163 cm³/mol. The highest BCUT2D eigenvalue weighted by Gasteiger charge is 2.35. The molecular weight excluding hydrogens is 644 g/mol. The fraction of sp³-hybridized carbons (Fsp3) is 0.161. The molecule has 0 aliphatic carbocycles. The number of benzene rings is 4. The third-order valence-corrected chi connectivity index (χ3v) is 7.86. The minimum Gasteiger partial charge on any atom is -0.492 e. The SMILES string of the molecule is CCOc1cc(/C=C2\SC(=O)N(CCOc3ccc(F)cc3)C2=O)cc(I)c1OCc1cccc2ccccc12. The molecule has 40 heavy (non-hydrogen) atoms. The Hall–Kier alpha value is -3.57. The van der Waals surface area contributed by atoms with E-state index in [2.05, 4.69) is 40.8 Å². The Labute approximate surface area is 249 Å². The number of amides is 2. The first-order valence-electron chi connectivity index (χ1n) is 12.6. The van der Waals surface area contributed by atoms with Gasteiger partial charge in [0.05, 0.1) is 21.6 Å². The molecule has 204 valence electrons. The molecule has 0 spiro atoms. The lowest BCUT2D eigenvalue weighted by Crippen LogP contribution is -2.32. The van der Waals surface area contributed by atoms with Gasteiger partial charge in [0.2, 0.25) is 0 Å². The van der Waals surface area contributed by atoms with Crippen molar-refractivity contribution in [2.45, 2.75) is 13.5 Å².